The van der Waals surface area contributed by atoms with Crippen molar-refractivity contribution in [2.45, 2.75) is 6.92 Å². The van der Waals surface area contributed by atoms with Crippen LogP contribution in [-0.4, -0.2) is 30.6 Å². The third-order valence-corrected chi connectivity index (χ3v) is 3.30. The van der Waals surface area contributed by atoms with Crippen molar-refractivity contribution in [2.75, 3.05) is 19.0 Å². The Balaban J connectivity index is 2.00. The van der Waals surface area contributed by atoms with Gasteiger partial charge in [0, 0.05) is 17.9 Å². The number of ether oxygens (including phenoxy) is 2. The molecule has 6 nitrogen and oxygen atoms in total. The molecule has 7 heteroatoms. The van der Waals surface area contributed by atoms with Crippen LogP contribution in [0.5, 0.6) is 5.75 Å². The molecule has 0 saturated heterocycles. The minimum Gasteiger partial charge on any atom is -0.497 e. The maximum absolute atomic E-state index is 11.5. The molecule has 21 heavy (non-hydrogen) atoms. The zero-order valence-electron chi connectivity index (χ0n) is 11.6. The topological polar surface area (TPSA) is 77.5 Å². The van der Waals surface area contributed by atoms with Crippen LogP contribution in [0.3, 0.4) is 0 Å². The Morgan fingerprint density at radius 3 is 2.62 bits per heavy atom. The summed E-state index contributed by atoms with van der Waals surface area (Å²) in [5.41, 5.74) is 1.68. The second-order valence-corrected chi connectivity index (χ2v) is 4.95. The molecule has 1 heterocycles. The molecule has 0 aliphatic carbocycles. The van der Waals surface area contributed by atoms with E-state index in [1.807, 2.05) is 29.6 Å². The first kappa shape index (κ1) is 15.0. The number of thiazole rings is 1. The summed E-state index contributed by atoms with van der Waals surface area (Å²) in [5.74, 6) is -0.145. The number of carbonyl (C=O) groups is 2. The van der Waals surface area contributed by atoms with E-state index in [0.29, 0.717) is 5.13 Å². The minimum absolute atomic E-state index is 0.313. The lowest BCUT2D eigenvalue weighted by molar-refractivity contribution is -0.144. The number of hydrogen-bond donors (Lipinski definition) is 1. The molecule has 0 spiro atoms. The average Bonchev–Trinajstić information content (AvgIpc) is 2.93. The molecule has 0 aliphatic rings. The highest BCUT2D eigenvalue weighted by Crippen LogP contribution is 2.26. The second kappa shape index (κ2) is 6.85. The number of hydrogen-bond acceptors (Lipinski definition) is 6. The van der Waals surface area contributed by atoms with Crippen LogP contribution < -0.4 is 10.1 Å². The van der Waals surface area contributed by atoms with Crippen LogP contribution in [0, 0.1) is 0 Å². The summed E-state index contributed by atoms with van der Waals surface area (Å²) < 4.78 is 9.70. The number of nitrogens with one attached hydrogen (secondary N) is 1. The summed E-state index contributed by atoms with van der Waals surface area (Å²) in [4.78, 5) is 26.4. The Labute approximate surface area is 125 Å². The number of amides is 1. The van der Waals surface area contributed by atoms with Gasteiger partial charge in [-0.15, -0.1) is 11.3 Å². The highest BCUT2D eigenvalue weighted by molar-refractivity contribution is 7.14. The predicted molar refractivity (Wildman–Crippen MR) is 79.4 cm³/mol. The number of carbonyl (C=O) groups excluding carboxylic acids is 2. The predicted octanol–water partition coefficient (Wildman–Crippen LogP) is 2.32. The van der Waals surface area contributed by atoms with E-state index < -0.39 is 11.9 Å². The third-order valence-electron chi connectivity index (χ3n) is 2.54. The van der Waals surface area contributed by atoms with Crippen molar-refractivity contribution in [3.8, 4) is 17.0 Å². The van der Waals surface area contributed by atoms with Crippen LogP contribution in [0.2, 0.25) is 0 Å². The average molecular weight is 306 g/mol. The second-order valence-electron chi connectivity index (χ2n) is 4.09. The van der Waals surface area contributed by atoms with E-state index in [0.717, 1.165) is 17.0 Å². The summed E-state index contributed by atoms with van der Waals surface area (Å²) in [6, 6.07) is 7.46. The Kier molecular flexibility index (Phi) is 4.89. The molecule has 1 amide bonds. The Morgan fingerprint density at radius 2 is 2.00 bits per heavy atom. The summed E-state index contributed by atoms with van der Waals surface area (Å²) in [6.07, 6.45) is 0. The number of esters is 1. The van der Waals surface area contributed by atoms with Crippen molar-refractivity contribution in [1.29, 1.82) is 0 Å². The van der Waals surface area contributed by atoms with Gasteiger partial charge in [0.15, 0.2) is 11.7 Å². The van der Waals surface area contributed by atoms with Crippen molar-refractivity contribution >= 4 is 28.3 Å². The maximum Gasteiger partial charge on any atom is 0.303 e. The highest BCUT2D eigenvalue weighted by atomic mass is 32.1. The molecule has 0 atom stereocenters. The number of anilines is 1. The van der Waals surface area contributed by atoms with Gasteiger partial charge < -0.3 is 9.47 Å². The van der Waals surface area contributed by atoms with E-state index in [1.54, 1.807) is 7.11 Å². The number of benzene rings is 1. The van der Waals surface area contributed by atoms with Gasteiger partial charge in [-0.3, -0.25) is 14.9 Å². The van der Waals surface area contributed by atoms with E-state index in [-0.39, 0.29) is 6.61 Å². The summed E-state index contributed by atoms with van der Waals surface area (Å²) >= 11 is 1.30. The normalized spacial score (nSPS) is 10.0. The van der Waals surface area contributed by atoms with Crippen LogP contribution in [0.15, 0.2) is 29.6 Å². The van der Waals surface area contributed by atoms with Gasteiger partial charge in [0.25, 0.3) is 5.91 Å². The van der Waals surface area contributed by atoms with E-state index in [4.69, 9.17) is 4.74 Å². The summed E-state index contributed by atoms with van der Waals surface area (Å²) in [7, 11) is 1.61. The lowest BCUT2D eigenvalue weighted by Crippen LogP contribution is -2.19. The molecule has 2 rings (SSSR count). The molecular formula is C14H14N2O4S. The zero-order valence-corrected chi connectivity index (χ0v) is 12.4. The van der Waals surface area contributed by atoms with E-state index in [1.165, 1.54) is 18.3 Å². The molecule has 1 aromatic carbocycles. The van der Waals surface area contributed by atoms with Crippen LogP contribution in [0.1, 0.15) is 6.92 Å². The fraction of sp³-hybridized carbons (Fsp3) is 0.214. The quantitative estimate of drug-likeness (QED) is 0.858. The molecule has 0 fully saturated rings. The molecule has 1 N–H and O–H groups in total. The lowest BCUT2D eigenvalue weighted by Gasteiger charge is -2.02. The van der Waals surface area contributed by atoms with E-state index in [2.05, 4.69) is 15.0 Å². The standard InChI is InChI=1S/C14H14N2O4S/c1-9(17)20-7-13(18)16-14-15-12(8-21-14)10-3-5-11(19-2)6-4-10/h3-6,8H,7H2,1-2H3,(H,15,16,18). The highest BCUT2D eigenvalue weighted by Gasteiger charge is 2.09. The van der Waals surface area contributed by atoms with Gasteiger partial charge in [-0.1, -0.05) is 0 Å². The number of methoxy groups -OCH3 is 1. The number of aromatic nitrogens is 1. The van der Waals surface area contributed by atoms with E-state index in [9.17, 15) is 9.59 Å². The molecule has 0 saturated carbocycles. The van der Waals surface area contributed by atoms with Gasteiger partial charge in [0.1, 0.15) is 5.75 Å². The van der Waals surface area contributed by atoms with Crippen molar-refractivity contribution in [3.63, 3.8) is 0 Å². The fourth-order valence-electron chi connectivity index (χ4n) is 1.55. The first-order valence-corrected chi connectivity index (χ1v) is 6.99. The molecular weight excluding hydrogens is 292 g/mol. The van der Waals surface area contributed by atoms with Crippen LogP contribution in [0.25, 0.3) is 11.3 Å². The summed E-state index contributed by atoms with van der Waals surface area (Å²) in [5, 5.41) is 4.87. The Hall–Kier alpha value is -2.41. The Morgan fingerprint density at radius 1 is 1.29 bits per heavy atom. The summed E-state index contributed by atoms with van der Waals surface area (Å²) in [6.45, 7) is 0.936. The van der Waals surface area contributed by atoms with Gasteiger partial charge in [-0.05, 0) is 24.3 Å². The molecule has 0 aliphatic heterocycles. The third kappa shape index (κ3) is 4.28. The van der Waals surface area contributed by atoms with Crippen LogP contribution >= 0.6 is 11.3 Å². The van der Waals surface area contributed by atoms with Crippen LogP contribution in [0.4, 0.5) is 5.13 Å². The molecule has 1 aromatic heterocycles. The van der Waals surface area contributed by atoms with Crippen LogP contribution in [-0.2, 0) is 14.3 Å². The van der Waals surface area contributed by atoms with Gasteiger partial charge in [-0.25, -0.2) is 4.98 Å². The van der Waals surface area contributed by atoms with Crippen molar-refractivity contribution in [3.05, 3.63) is 29.6 Å². The zero-order chi connectivity index (χ0) is 15.2. The Bertz CT molecular complexity index is 637. The first-order valence-electron chi connectivity index (χ1n) is 6.11. The molecule has 0 bridgehead atoms. The maximum atomic E-state index is 11.5. The number of rotatable bonds is 5. The van der Waals surface area contributed by atoms with Gasteiger partial charge in [0.05, 0.1) is 12.8 Å². The van der Waals surface area contributed by atoms with E-state index >= 15 is 0 Å². The molecule has 2 aromatic rings. The van der Waals surface area contributed by atoms with Gasteiger partial charge >= 0.3 is 5.97 Å². The van der Waals surface area contributed by atoms with Gasteiger partial charge in [0.2, 0.25) is 0 Å². The van der Waals surface area contributed by atoms with Gasteiger partial charge in [-0.2, -0.15) is 0 Å². The van der Waals surface area contributed by atoms with Crippen molar-refractivity contribution in [2.24, 2.45) is 0 Å². The molecule has 110 valence electrons. The van der Waals surface area contributed by atoms with Crippen molar-refractivity contribution in [1.82, 2.24) is 4.98 Å². The first-order chi connectivity index (χ1) is 10.1. The molecule has 0 unspecified atom stereocenters. The van der Waals surface area contributed by atoms with Crippen molar-refractivity contribution < 1.29 is 19.1 Å². The lowest BCUT2D eigenvalue weighted by atomic mass is 10.2. The monoisotopic (exact) mass is 306 g/mol. The largest absolute Gasteiger partial charge is 0.497 e. The minimum atomic E-state index is -0.497. The fourth-order valence-corrected chi connectivity index (χ4v) is 2.28. The molecule has 0 radical (unpaired) electrons. The number of nitrogens with zero attached hydrogens (tertiary/aromatic N) is 1. The SMILES string of the molecule is COc1ccc(-c2csc(NC(=O)COC(C)=O)n2)cc1. The smallest absolute Gasteiger partial charge is 0.303 e.